The van der Waals surface area contributed by atoms with Crippen LogP contribution in [-0.2, 0) is 6.54 Å². The van der Waals surface area contributed by atoms with Gasteiger partial charge in [-0.1, -0.05) is 22.0 Å². The van der Waals surface area contributed by atoms with Crippen LogP contribution in [0.3, 0.4) is 0 Å². The molecule has 0 aliphatic heterocycles. The quantitative estimate of drug-likeness (QED) is 0.637. The van der Waals surface area contributed by atoms with Gasteiger partial charge in [-0.05, 0) is 49.7 Å². The molecule has 0 unspecified atom stereocenters. The number of carbonyl (C=O) groups excluding carboxylic acids is 1. The highest BCUT2D eigenvalue weighted by Crippen LogP contribution is 2.30. The van der Waals surface area contributed by atoms with E-state index in [0.29, 0.717) is 16.9 Å². The maximum atomic E-state index is 12.5. The summed E-state index contributed by atoms with van der Waals surface area (Å²) in [5, 5.41) is 2.75. The molecule has 8 heteroatoms. The van der Waals surface area contributed by atoms with E-state index in [1.165, 1.54) is 19.2 Å². The van der Waals surface area contributed by atoms with Gasteiger partial charge in [0.1, 0.15) is 5.75 Å². The van der Waals surface area contributed by atoms with Gasteiger partial charge >= 0.3 is 6.61 Å². The average molecular weight is 444 g/mol. The molecule has 146 valence electrons. The van der Waals surface area contributed by atoms with E-state index >= 15 is 0 Å². The van der Waals surface area contributed by atoms with E-state index in [9.17, 15) is 13.6 Å². The Morgan fingerprint density at radius 3 is 2.44 bits per heavy atom. The number of halogens is 3. The van der Waals surface area contributed by atoms with E-state index in [2.05, 4.69) is 26.0 Å². The minimum atomic E-state index is -2.97. The molecule has 0 spiro atoms. The molecular weight excluding hydrogens is 424 g/mol. The van der Waals surface area contributed by atoms with Crippen LogP contribution in [0.1, 0.15) is 29.8 Å². The number of alkyl halides is 2. The van der Waals surface area contributed by atoms with Crippen molar-refractivity contribution in [1.82, 2.24) is 5.32 Å². The highest BCUT2D eigenvalue weighted by atomic mass is 79.9. The monoisotopic (exact) mass is 443 g/mol. The van der Waals surface area contributed by atoms with Crippen LogP contribution < -0.4 is 19.5 Å². The van der Waals surface area contributed by atoms with Crippen molar-refractivity contribution in [3.8, 4) is 17.2 Å². The number of hydrogen-bond donors (Lipinski definition) is 1. The summed E-state index contributed by atoms with van der Waals surface area (Å²) in [7, 11) is 1.36. The Hall–Kier alpha value is -2.35. The normalized spacial score (nSPS) is 10.8. The van der Waals surface area contributed by atoms with Crippen LogP contribution in [0.2, 0.25) is 0 Å². The van der Waals surface area contributed by atoms with Crippen molar-refractivity contribution < 1.29 is 27.8 Å². The fraction of sp³-hybridized carbons (Fsp3) is 0.316. The van der Waals surface area contributed by atoms with Crippen LogP contribution >= 0.6 is 15.9 Å². The van der Waals surface area contributed by atoms with Crippen LogP contribution in [-0.4, -0.2) is 25.7 Å². The molecule has 0 aliphatic rings. The largest absolute Gasteiger partial charge is 0.493 e. The van der Waals surface area contributed by atoms with Crippen molar-refractivity contribution in [2.75, 3.05) is 7.11 Å². The number of rotatable bonds is 8. The van der Waals surface area contributed by atoms with Crippen LogP contribution in [0.25, 0.3) is 0 Å². The van der Waals surface area contributed by atoms with Crippen molar-refractivity contribution in [3.05, 3.63) is 52.0 Å². The predicted molar refractivity (Wildman–Crippen MR) is 101 cm³/mol. The summed E-state index contributed by atoms with van der Waals surface area (Å²) in [6, 6.07) is 9.67. The summed E-state index contributed by atoms with van der Waals surface area (Å²) in [5.74, 6) is 0.205. The lowest BCUT2D eigenvalue weighted by atomic mass is 10.1. The number of hydrogen-bond acceptors (Lipinski definition) is 4. The summed E-state index contributed by atoms with van der Waals surface area (Å²) in [4.78, 5) is 12.5. The highest BCUT2D eigenvalue weighted by Gasteiger charge is 2.15. The lowest BCUT2D eigenvalue weighted by molar-refractivity contribution is -0.0512. The minimum absolute atomic E-state index is 0.0910. The van der Waals surface area contributed by atoms with Crippen molar-refractivity contribution in [2.24, 2.45) is 0 Å². The molecule has 1 N–H and O–H groups in total. The first-order chi connectivity index (χ1) is 12.8. The van der Waals surface area contributed by atoms with E-state index in [1.54, 1.807) is 24.3 Å². The van der Waals surface area contributed by atoms with Crippen molar-refractivity contribution in [3.63, 3.8) is 0 Å². The smallest absolute Gasteiger partial charge is 0.387 e. The van der Waals surface area contributed by atoms with Crippen molar-refractivity contribution in [2.45, 2.75) is 33.1 Å². The molecular formula is C19H20BrF2NO4. The van der Waals surface area contributed by atoms with Gasteiger partial charge in [0.05, 0.1) is 18.8 Å². The molecule has 0 aromatic heterocycles. The highest BCUT2D eigenvalue weighted by molar-refractivity contribution is 9.10. The Bertz CT molecular complexity index is 799. The summed E-state index contributed by atoms with van der Waals surface area (Å²) in [5.41, 5.74) is 0.965. The Kier molecular flexibility index (Phi) is 7.41. The predicted octanol–water partition coefficient (Wildman–Crippen LogP) is 4.78. The molecule has 0 fully saturated rings. The van der Waals surface area contributed by atoms with Crippen LogP contribution in [0.5, 0.6) is 17.2 Å². The van der Waals surface area contributed by atoms with E-state index in [0.717, 1.165) is 4.47 Å². The summed E-state index contributed by atoms with van der Waals surface area (Å²) in [6.45, 7) is 0.886. The lowest BCUT2D eigenvalue weighted by Crippen LogP contribution is -2.24. The number of ether oxygens (including phenoxy) is 3. The standard InChI is InChI=1S/C19H20BrF2NO4/c1-11(2)26-16-9-13(20)5-6-14(16)18(24)23-10-12-4-7-15(25-3)17(8-12)27-19(21)22/h4-9,11,19H,10H2,1-3H3,(H,23,24). The maximum Gasteiger partial charge on any atom is 0.387 e. The fourth-order valence-electron chi connectivity index (χ4n) is 2.33. The van der Waals surface area contributed by atoms with Gasteiger partial charge in [0.25, 0.3) is 5.91 Å². The molecule has 2 aromatic rings. The Morgan fingerprint density at radius 1 is 1.07 bits per heavy atom. The molecule has 5 nitrogen and oxygen atoms in total. The zero-order chi connectivity index (χ0) is 20.0. The van der Waals surface area contributed by atoms with Gasteiger partial charge in [0.2, 0.25) is 0 Å². The van der Waals surface area contributed by atoms with Crippen molar-refractivity contribution >= 4 is 21.8 Å². The number of carbonyl (C=O) groups is 1. The molecule has 2 aromatic carbocycles. The molecule has 1 amide bonds. The molecule has 0 atom stereocenters. The summed E-state index contributed by atoms with van der Waals surface area (Å²) >= 11 is 3.35. The third-order valence-corrected chi connectivity index (χ3v) is 3.94. The van der Waals surface area contributed by atoms with Gasteiger partial charge in [-0.15, -0.1) is 0 Å². The topological polar surface area (TPSA) is 56.8 Å². The van der Waals surface area contributed by atoms with Gasteiger partial charge in [-0.3, -0.25) is 4.79 Å². The Labute approximate surface area is 164 Å². The maximum absolute atomic E-state index is 12.5. The third-order valence-electron chi connectivity index (χ3n) is 3.45. The first kappa shape index (κ1) is 21.0. The third kappa shape index (κ3) is 6.09. The van der Waals surface area contributed by atoms with Crippen LogP contribution in [0, 0.1) is 0 Å². The second kappa shape index (κ2) is 9.55. The van der Waals surface area contributed by atoms with E-state index in [4.69, 9.17) is 9.47 Å². The zero-order valence-electron chi connectivity index (χ0n) is 15.1. The zero-order valence-corrected chi connectivity index (χ0v) is 16.7. The number of amides is 1. The Balaban J connectivity index is 2.14. The van der Waals surface area contributed by atoms with Gasteiger partial charge < -0.3 is 19.5 Å². The molecule has 0 radical (unpaired) electrons. The van der Waals surface area contributed by atoms with E-state index in [1.807, 2.05) is 13.8 Å². The number of methoxy groups -OCH3 is 1. The Morgan fingerprint density at radius 2 is 1.81 bits per heavy atom. The first-order valence-corrected chi connectivity index (χ1v) is 8.95. The summed E-state index contributed by atoms with van der Waals surface area (Å²) < 4.78 is 41.0. The first-order valence-electron chi connectivity index (χ1n) is 8.16. The number of nitrogens with one attached hydrogen (secondary N) is 1. The van der Waals surface area contributed by atoms with Crippen molar-refractivity contribution in [1.29, 1.82) is 0 Å². The summed E-state index contributed by atoms with van der Waals surface area (Å²) in [6.07, 6.45) is -0.0958. The molecule has 27 heavy (non-hydrogen) atoms. The molecule has 0 heterocycles. The van der Waals surface area contributed by atoms with Gasteiger partial charge in [0.15, 0.2) is 11.5 Å². The second-order valence-electron chi connectivity index (χ2n) is 5.85. The molecule has 0 aliphatic carbocycles. The fourth-order valence-corrected chi connectivity index (χ4v) is 2.67. The van der Waals surface area contributed by atoms with E-state index < -0.39 is 6.61 Å². The van der Waals surface area contributed by atoms with Crippen LogP contribution in [0.15, 0.2) is 40.9 Å². The van der Waals surface area contributed by atoms with Gasteiger partial charge in [0, 0.05) is 11.0 Å². The minimum Gasteiger partial charge on any atom is -0.493 e. The SMILES string of the molecule is COc1ccc(CNC(=O)c2ccc(Br)cc2OC(C)C)cc1OC(F)F. The van der Waals surface area contributed by atoms with Gasteiger partial charge in [-0.2, -0.15) is 8.78 Å². The molecule has 2 rings (SSSR count). The molecule has 0 saturated carbocycles. The van der Waals surface area contributed by atoms with Gasteiger partial charge in [-0.25, -0.2) is 0 Å². The van der Waals surface area contributed by atoms with E-state index in [-0.39, 0.29) is 30.1 Å². The lowest BCUT2D eigenvalue weighted by Gasteiger charge is -2.15. The average Bonchev–Trinajstić information content (AvgIpc) is 2.59. The number of benzene rings is 2. The van der Waals surface area contributed by atoms with Crippen LogP contribution in [0.4, 0.5) is 8.78 Å². The molecule has 0 bridgehead atoms. The second-order valence-corrected chi connectivity index (χ2v) is 6.77. The molecule has 0 saturated heterocycles.